The van der Waals surface area contributed by atoms with Gasteiger partial charge in [-0.1, -0.05) is 12.1 Å². The fourth-order valence-electron chi connectivity index (χ4n) is 2.48. The Labute approximate surface area is 124 Å². The maximum absolute atomic E-state index is 12.1. The van der Waals surface area contributed by atoms with E-state index in [4.69, 9.17) is 0 Å². The second-order valence-electron chi connectivity index (χ2n) is 5.29. The average molecular weight is 282 g/mol. The van der Waals surface area contributed by atoms with Crippen LogP contribution in [0.15, 0.2) is 36.4 Å². The lowest BCUT2D eigenvalue weighted by Gasteiger charge is -2.15. The second-order valence-corrected chi connectivity index (χ2v) is 5.29. The number of aryl methyl sites for hydroxylation is 1. The highest BCUT2D eigenvalue weighted by Crippen LogP contribution is 2.17. The van der Waals surface area contributed by atoms with Crippen LogP contribution in [0.25, 0.3) is 0 Å². The molecule has 1 aromatic carbocycles. The third kappa shape index (κ3) is 3.18. The molecule has 1 saturated heterocycles. The Morgan fingerprint density at radius 3 is 2.62 bits per heavy atom. The van der Waals surface area contributed by atoms with E-state index in [-0.39, 0.29) is 5.91 Å². The fourth-order valence-corrected chi connectivity index (χ4v) is 2.48. The first-order valence-electron chi connectivity index (χ1n) is 7.19. The van der Waals surface area contributed by atoms with Crippen LogP contribution in [0.1, 0.15) is 28.9 Å². The van der Waals surface area contributed by atoms with Crippen molar-refractivity contribution in [1.29, 1.82) is 0 Å². The number of nitrogens with one attached hydrogen (secondary N) is 1. The van der Waals surface area contributed by atoms with E-state index in [0.717, 1.165) is 30.2 Å². The molecule has 0 radical (unpaired) electrons. The first-order chi connectivity index (χ1) is 10.2. The van der Waals surface area contributed by atoms with Crippen molar-refractivity contribution in [1.82, 2.24) is 10.2 Å². The van der Waals surface area contributed by atoms with Crippen LogP contribution in [-0.4, -0.2) is 29.2 Å². The zero-order valence-corrected chi connectivity index (χ0v) is 12.0. The Balaban J connectivity index is 1.70. The predicted octanol–water partition coefficient (Wildman–Crippen LogP) is 2.64. The molecule has 5 heteroatoms. The van der Waals surface area contributed by atoms with Crippen molar-refractivity contribution >= 4 is 17.4 Å². The number of amides is 1. The van der Waals surface area contributed by atoms with Gasteiger partial charge in [0.2, 0.25) is 0 Å². The number of carbonyl (C=O) groups is 1. The lowest BCUT2D eigenvalue weighted by molar-refractivity contribution is 0.102. The van der Waals surface area contributed by atoms with Gasteiger partial charge in [-0.2, -0.15) is 0 Å². The Hall–Kier alpha value is -2.43. The number of nitrogens with zero attached hydrogens (tertiary/aromatic N) is 3. The summed E-state index contributed by atoms with van der Waals surface area (Å²) in [5, 5.41) is 11.0. The number of anilines is 2. The largest absolute Gasteiger partial charge is 0.355 e. The first kappa shape index (κ1) is 13.5. The standard InChI is InChI=1S/C16H18N4O/c1-12-5-4-6-13(11-12)17-16(21)14-7-8-15(19-18-14)20-9-2-3-10-20/h4-8,11H,2-3,9-10H2,1H3,(H,17,21). The molecule has 1 amide bonds. The Bertz CT molecular complexity index is 633. The van der Waals surface area contributed by atoms with Crippen LogP contribution in [0.3, 0.4) is 0 Å². The van der Waals surface area contributed by atoms with Crippen LogP contribution in [-0.2, 0) is 0 Å². The maximum Gasteiger partial charge on any atom is 0.276 e. The summed E-state index contributed by atoms with van der Waals surface area (Å²) in [5.41, 5.74) is 2.20. The van der Waals surface area contributed by atoms with Gasteiger partial charge in [-0.3, -0.25) is 4.79 Å². The summed E-state index contributed by atoms with van der Waals surface area (Å²) in [7, 11) is 0. The van der Waals surface area contributed by atoms with Gasteiger partial charge >= 0.3 is 0 Å². The molecule has 1 N–H and O–H groups in total. The van der Waals surface area contributed by atoms with Crippen LogP contribution in [0.4, 0.5) is 11.5 Å². The van der Waals surface area contributed by atoms with Crippen LogP contribution in [0, 0.1) is 6.92 Å². The van der Waals surface area contributed by atoms with Gasteiger partial charge in [0.05, 0.1) is 0 Å². The van der Waals surface area contributed by atoms with E-state index in [2.05, 4.69) is 20.4 Å². The van der Waals surface area contributed by atoms with Gasteiger partial charge in [0.15, 0.2) is 11.5 Å². The maximum atomic E-state index is 12.1. The van der Waals surface area contributed by atoms with Crippen molar-refractivity contribution in [3.63, 3.8) is 0 Å². The molecule has 1 fully saturated rings. The zero-order valence-electron chi connectivity index (χ0n) is 12.0. The minimum Gasteiger partial charge on any atom is -0.355 e. The quantitative estimate of drug-likeness (QED) is 0.940. The van der Waals surface area contributed by atoms with Gasteiger partial charge < -0.3 is 10.2 Å². The zero-order chi connectivity index (χ0) is 14.7. The minimum atomic E-state index is -0.235. The normalized spacial score (nSPS) is 14.2. The SMILES string of the molecule is Cc1cccc(NC(=O)c2ccc(N3CCCC3)nn2)c1. The molecule has 0 aliphatic carbocycles. The number of hydrogen-bond donors (Lipinski definition) is 1. The molecular formula is C16H18N4O. The summed E-state index contributed by atoms with van der Waals surface area (Å²) in [4.78, 5) is 14.3. The van der Waals surface area contributed by atoms with E-state index in [1.807, 2.05) is 37.3 Å². The van der Waals surface area contributed by atoms with Crippen molar-refractivity contribution in [2.24, 2.45) is 0 Å². The Morgan fingerprint density at radius 2 is 1.95 bits per heavy atom. The first-order valence-corrected chi connectivity index (χ1v) is 7.19. The third-order valence-electron chi connectivity index (χ3n) is 3.59. The fraction of sp³-hybridized carbons (Fsp3) is 0.312. The van der Waals surface area contributed by atoms with Gasteiger partial charge in [0.1, 0.15) is 0 Å². The number of hydrogen-bond acceptors (Lipinski definition) is 4. The number of rotatable bonds is 3. The van der Waals surface area contributed by atoms with Gasteiger partial charge in [-0.15, -0.1) is 10.2 Å². The highest BCUT2D eigenvalue weighted by molar-refractivity contribution is 6.02. The molecule has 108 valence electrons. The molecule has 3 rings (SSSR count). The monoisotopic (exact) mass is 282 g/mol. The molecule has 2 aromatic rings. The lowest BCUT2D eigenvalue weighted by Crippen LogP contribution is -2.21. The van der Waals surface area contributed by atoms with E-state index >= 15 is 0 Å². The molecule has 0 bridgehead atoms. The van der Waals surface area contributed by atoms with Gasteiger partial charge in [-0.05, 0) is 49.6 Å². The van der Waals surface area contributed by atoms with Crippen molar-refractivity contribution in [2.75, 3.05) is 23.3 Å². The Morgan fingerprint density at radius 1 is 1.14 bits per heavy atom. The second kappa shape index (κ2) is 5.91. The molecular weight excluding hydrogens is 264 g/mol. The summed E-state index contributed by atoms with van der Waals surface area (Å²) in [6.07, 6.45) is 2.38. The Kier molecular flexibility index (Phi) is 3.81. The minimum absolute atomic E-state index is 0.235. The van der Waals surface area contributed by atoms with E-state index in [0.29, 0.717) is 5.69 Å². The molecule has 2 heterocycles. The lowest BCUT2D eigenvalue weighted by atomic mass is 10.2. The molecule has 1 aliphatic heterocycles. The molecule has 1 aromatic heterocycles. The van der Waals surface area contributed by atoms with Crippen LogP contribution < -0.4 is 10.2 Å². The highest BCUT2D eigenvalue weighted by Gasteiger charge is 2.15. The van der Waals surface area contributed by atoms with Crippen molar-refractivity contribution in [2.45, 2.75) is 19.8 Å². The van der Waals surface area contributed by atoms with Crippen LogP contribution >= 0.6 is 0 Å². The van der Waals surface area contributed by atoms with E-state index in [1.54, 1.807) is 6.07 Å². The van der Waals surface area contributed by atoms with E-state index in [1.165, 1.54) is 12.8 Å². The van der Waals surface area contributed by atoms with Crippen LogP contribution in [0.5, 0.6) is 0 Å². The molecule has 5 nitrogen and oxygen atoms in total. The molecule has 0 saturated carbocycles. The summed E-state index contributed by atoms with van der Waals surface area (Å²) < 4.78 is 0. The summed E-state index contributed by atoms with van der Waals surface area (Å²) in [6, 6.07) is 11.3. The summed E-state index contributed by atoms with van der Waals surface area (Å²) >= 11 is 0. The summed E-state index contributed by atoms with van der Waals surface area (Å²) in [6.45, 7) is 4.02. The van der Waals surface area contributed by atoms with Crippen molar-refractivity contribution < 1.29 is 4.79 Å². The smallest absolute Gasteiger partial charge is 0.276 e. The number of benzene rings is 1. The topological polar surface area (TPSA) is 58.1 Å². The highest BCUT2D eigenvalue weighted by atomic mass is 16.1. The molecule has 0 spiro atoms. The van der Waals surface area contributed by atoms with Crippen LogP contribution in [0.2, 0.25) is 0 Å². The van der Waals surface area contributed by atoms with Gasteiger partial charge in [-0.25, -0.2) is 0 Å². The number of carbonyl (C=O) groups excluding carboxylic acids is 1. The van der Waals surface area contributed by atoms with Gasteiger partial charge in [0, 0.05) is 18.8 Å². The molecule has 1 aliphatic rings. The molecule has 0 atom stereocenters. The average Bonchev–Trinajstić information content (AvgIpc) is 3.01. The van der Waals surface area contributed by atoms with E-state index in [9.17, 15) is 4.79 Å². The van der Waals surface area contributed by atoms with Crippen molar-refractivity contribution in [3.05, 3.63) is 47.7 Å². The molecule has 21 heavy (non-hydrogen) atoms. The predicted molar refractivity (Wildman–Crippen MR) is 82.6 cm³/mol. The summed E-state index contributed by atoms with van der Waals surface area (Å²) in [5.74, 6) is 0.612. The van der Waals surface area contributed by atoms with Gasteiger partial charge in [0.25, 0.3) is 5.91 Å². The van der Waals surface area contributed by atoms with Crippen molar-refractivity contribution in [3.8, 4) is 0 Å². The number of aromatic nitrogens is 2. The van der Waals surface area contributed by atoms with E-state index < -0.39 is 0 Å². The third-order valence-corrected chi connectivity index (χ3v) is 3.59. The molecule has 0 unspecified atom stereocenters.